The van der Waals surface area contributed by atoms with E-state index in [2.05, 4.69) is 0 Å². The van der Waals surface area contributed by atoms with Crippen LogP contribution in [0, 0.1) is 0 Å². The highest BCUT2D eigenvalue weighted by atomic mass is 28.2. The normalized spacial score (nSPS) is 13.3. The van der Waals surface area contributed by atoms with Gasteiger partial charge in [-0.3, -0.25) is 0 Å². The van der Waals surface area contributed by atoms with Gasteiger partial charge in [-0.05, 0) is 51.8 Å². The molecule has 3 nitrogen and oxygen atoms in total. The maximum Gasteiger partial charge on any atom is 0.416 e. The lowest BCUT2D eigenvalue weighted by Gasteiger charge is -2.36. The summed E-state index contributed by atoms with van der Waals surface area (Å²) in [7, 11) is 0.427. The number of hydrogen-bond acceptors (Lipinski definition) is 3. The van der Waals surface area contributed by atoms with Gasteiger partial charge in [0.1, 0.15) is 0 Å². The third-order valence-corrected chi connectivity index (χ3v) is 3.76. The summed E-state index contributed by atoms with van der Waals surface area (Å²) in [4.78, 5) is 0. The molecule has 23 heavy (non-hydrogen) atoms. The van der Waals surface area contributed by atoms with Crippen LogP contribution in [-0.4, -0.2) is 28.7 Å². The van der Waals surface area contributed by atoms with Crippen LogP contribution < -0.4 is 0 Å². The summed E-state index contributed by atoms with van der Waals surface area (Å²) in [6.45, 7) is 7.54. The Bertz CT molecular complexity index is 462. The van der Waals surface area contributed by atoms with Crippen molar-refractivity contribution in [2.24, 2.45) is 0 Å². The van der Waals surface area contributed by atoms with Crippen molar-refractivity contribution in [1.29, 1.82) is 0 Å². The van der Waals surface area contributed by atoms with E-state index in [-0.39, 0.29) is 12.2 Å². The number of benzene rings is 1. The van der Waals surface area contributed by atoms with Gasteiger partial charge in [-0.1, -0.05) is 12.1 Å². The van der Waals surface area contributed by atoms with Crippen molar-refractivity contribution < 1.29 is 27.1 Å². The van der Waals surface area contributed by atoms with Crippen LogP contribution in [-0.2, 0) is 26.5 Å². The first-order valence-electron chi connectivity index (χ1n) is 7.65. The molecular weight excluding hydrogens is 325 g/mol. The molecule has 132 valence electrons. The first-order chi connectivity index (χ1) is 10.6. The second-order valence-electron chi connectivity index (χ2n) is 5.92. The van der Waals surface area contributed by atoms with Crippen LogP contribution >= 0.6 is 0 Å². The van der Waals surface area contributed by atoms with Gasteiger partial charge >= 0.3 is 6.18 Å². The van der Waals surface area contributed by atoms with Gasteiger partial charge in [0.15, 0.2) is 10.5 Å². The second-order valence-corrected chi connectivity index (χ2v) is 6.32. The number of rotatable bonds is 8. The van der Waals surface area contributed by atoms with Crippen molar-refractivity contribution in [2.75, 3.05) is 0 Å². The second kappa shape index (κ2) is 8.28. The Labute approximate surface area is 138 Å². The highest BCUT2D eigenvalue weighted by Gasteiger charge is 2.34. The quantitative estimate of drug-likeness (QED) is 0.531. The molecule has 0 amide bonds. The van der Waals surface area contributed by atoms with Gasteiger partial charge in [-0.2, -0.15) is 13.2 Å². The molecule has 1 rings (SSSR count). The fourth-order valence-electron chi connectivity index (χ4n) is 2.22. The van der Waals surface area contributed by atoms with Gasteiger partial charge in [0.25, 0.3) is 5.97 Å². The molecule has 0 saturated carbocycles. The SMILES string of the molecule is CC(C)OC(CCc1ccc(C(F)(F)F)cc1)(O[SiH3])OC(C)C. The van der Waals surface area contributed by atoms with Gasteiger partial charge < -0.3 is 13.9 Å². The third-order valence-electron chi connectivity index (χ3n) is 3.14. The van der Waals surface area contributed by atoms with Gasteiger partial charge in [-0.25, -0.2) is 0 Å². The van der Waals surface area contributed by atoms with Gasteiger partial charge in [-0.15, -0.1) is 0 Å². The molecule has 1 aromatic carbocycles. The fourth-order valence-corrected chi connectivity index (χ4v) is 2.62. The van der Waals surface area contributed by atoms with Crippen LogP contribution in [0.1, 0.15) is 45.2 Å². The lowest BCUT2D eigenvalue weighted by Crippen LogP contribution is -2.43. The summed E-state index contributed by atoms with van der Waals surface area (Å²) in [6, 6.07) is 5.13. The first-order valence-corrected chi connectivity index (χ1v) is 8.46. The lowest BCUT2D eigenvalue weighted by atomic mass is 10.1. The fraction of sp³-hybridized carbons (Fsp3) is 0.625. The molecule has 0 radical (unpaired) electrons. The molecule has 0 saturated heterocycles. The standard InChI is InChI=1S/C16H25F3O3Si/c1-11(2)20-15(22-23,21-12(3)4)10-9-13-5-7-14(8-6-13)16(17,18)19/h5-8,11-12H,9-10H2,1-4,23H3. The summed E-state index contributed by atoms with van der Waals surface area (Å²) < 4.78 is 54.9. The van der Waals surface area contributed by atoms with E-state index in [0.29, 0.717) is 23.3 Å². The third kappa shape index (κ3) is 6.62. The van der Waals surface area contributed by atoms with Crippen molar-refractivity contribution in [3.05, 3.63) is 35.4 Å². The monoisotopic (exact) mass is 350 g/mol. The molecule has 0 N–H and O–H groups in total. The molecule has 0 spiro atoms. The van der Waals surface area contributed by atoms with Crippen LogP contribution in [0.3, 0.4) is 0 Å². The largest absolute Gasteiger partial charge is 0.416 e. The minimum absolute atomic E-state index is 0.0877. The van der Waals surface area contributed by atoms with E-state index in [1.807, 2.05) is 27.7 Å². The Balaban J connectivity index is 2.81. The topological polar surface area (TPSA) is 27.7 Å². The van der Waals surface area contributed by atoms with Crippen molar-refractivity contribution in [1.82, 2.24) is 0 Å². The van der Waals surface area contributed by atoms with Crippen molar-refractivity contribution >= 4 is 10.5 Å². The summed E-state index contributed by atoms with van der Waals surface area (Å²) in [5.41, 5.74) is 0.129. The number of ether oxygens (including phenoxy) is 2. The number of halogens is 3. The molecule has 0 unspecified atom stereocenters. The maximum atomic E-state index is 12.6. The van der Waals surface area contributed by atoms with E-state index in [1.54, 1.807) is 0 Å². The molecule has 0 heterocycles. The summed E-state index contributed by atoms with van der Waals surface area (Å²) in [6.07, 6.45) is -3.58. The summed E-state index contributed by atoms with van der Waals surface area (Å²) in [5.74, 6) is -1.14. The summed E-state index contributed by atoms with van der Waals surface area (Å²) >= 11 is 0. The molecule has 0 bridgehead atoms. The van der Waals surface area contributed by atoms with Crippen LogP contribution in [0.5, 0.6) is 0 Å². The van der Waals surface area contributed by atoms with E-state index >= 15 is 0 Å². The maximum absolute atomic E-state index is 12.6. The highest BCUT2D eigenvalue weighted by molar-refractivity contribution is 5.98. The summed E-state index contributed by atoms with van der Waals surface area (Å²) in [5, 5.41) is 0. The van der Waals surface area contributed by atoms with Gasteiger partial charge in [0.05, 0.1) is 17.8 Å². The number of hydrogen-bond donors (Lipinski definition) is 0. The van der Waals surface area contributed by atoms with Crippen molar-refractivity contribution in [3.63, 3.8) is 0 Å². The predicted octanol–water partition coefficient (Wildman–Crippen LogP) is 3.44. The molecule has 0 aliphatic carbocycles. The van der Waals surface area contributed by atoms with Gasteiger partial charge in [0.2, 0.25) is 0 Å². The minimum atomic E-state index is -4.32. The zero-order valence-electron chi connectivity index (χ0n) is 14.2. The van der Waals surface area contributed by atoms with Crippen LogP contribution in [0.4, 0.5) is 13.2 Å². The van der Waals surface area contributed by atoms with E-state index in [0.717, 1.165) is 17.7 Å². The Morgan fingerprint density at radius 2 is 1.43 bits per heavy atom. The Morgan fingerprint density at radius 3 is 1.78 bits per heavy atom. The van der Waals surface area contributed by atoms with Crippen LogP contribution in [0.25, 0.3) is 0 Å². The molecule has 1 aromatic rings. The average Bonchev–Trinajstić information content (AvgIpc) is 2.43. The number of aryl methyl sites for hydroxylation is 1. The van der Waals surface area contributed by atoms with Crippen molar-refractivity contribution in [3.8, 4) is 0 Å². The highest BCUT2D eigenvalue weighted by Crippen LogP contribution is 2.30. The minimum Gasteiger partial charge on any atom is -0.380 e. The van der Waals surface area contributed by atoms with E-state index in [1.165, 1.54) is 12.1 Å². The molecule has 0 fully saturated rings. The molecule has 0 atom stereocenters. The van der Waals surface area contributed by atoms with Gasteiger partial charge in [0, 0.05) is 6.42 Å². The molecule has 0 aliphatic heterocycles. The molecule has 0 aliphatic rings. The Kier molecular flexibility index (Phi) is 7.25. The number of alkyl halides is 3. The predicted molar refractivity (Wildman–Crippen MR) is 86.0 cm³/mol. The molecule has 7 heteroatoms. The zero-order chi connectivity index (χ0) is 17.7. The average molecular weight is 350 g/mol. The molecular formula is C16H25F3O3Si. The van der Waals surface area contributed by atoms with E-state index in [9.17, 15) is 13.2 Å². The van der Waals surface area contributed by atoms with Crippen molar-refractivity contribution in [2.45, 2.75) is 64.9 Å². The van der Waals surface area contributed by atoms with E-state index in [4.69, 9.17) is 13.9 Å². The zero-order valence-corrected chi connectivity index (χ0v) is 16.2. The Hall–Kier alpha value is -0.893. The van der Waals surface area contributed by atoms with Crippen LogP contribution in [0.2, 0.25) is 0 Å². The smallest absolute Gasteiger partial charge is 0.380 e. The van der Waals surface area contributed by atoms with Crippen LogP contribution in [0.15, 0.2) is 24.3 Å². The Morgan fingerprint density at radius 1 is 0.957 bits per heavy atom. The lowest BCUT2D eigenvalue weighted by molar-refractivity contribution is -0.368. The first kappa shape index (κ1) is 20.2. The molecule has 0 aromatic heterocycles. The van der Waals surface area contributed by atoms with E-state index < -0.39 is 17.7 Å².